The van der Waals surface area contributed by atoms with Gasteiger partial charge in [0.1, 0.15) is 5.76 Å². The summed E-state index contributed by atoms with van der Waals surface area (Å²) in [5, 5.41) is 0. The maximum absolute atomic E-state index is 13.2. The van der Waals surface area contributed by atoms with Crippen molar-refractivity contribution in [1.82, 2.24) is 14.1 Å². The molecule has 32 heavy (non-hydrogen) atoms. The molecule has 1 saturated heterocycles. The normalized spacial score (nSPS) is 15.5. The van der Waals surface area contributed by atoms with Crippen LogP contribution in [0.25, 0.3) is 0 Å². The quantitative estimate of drug-likeness (QED) is 0.550. The van der Waals surface area contributed by atoms with Crippen molar-refractivity contribution < 1.29 is 17.6 Å². The second-order valence-electron chi connectivity index (χ2n) is 7.93. The highest BCUT2D eigenvalue weighted by Gasteiger charge is 2.29. The fraction of sp³-hybridized carbons (Fsp3) is 0.292. The molecule has 0 saturated carbocycles. The minimum atomic E-state index is -3.67. The first-order chi connectivity index (χ1) is 15.4. The molecule has 7 nitrogen and oxygen atoms in total. The first kappa shape index (κ1) is 22.3. The Hall–Kier alpha value is -2.94. The molecule has 0 N–H and O–H groups in total. The zero-order valence-corrected chi connectivity index (χ0v) is 18.9. The van der Waals surface area contributed by atoms with Crippen molar-refractivity contribution in [3.05, 3.63) is 89.9 Å². The average Bonchev–Trinajstić information content (AvgIpc) is 3.33. The van der Waals surface area contributed by atoms with Gasteiger partial charge >= 0.3 is 0 Å². The Balaban J connectivity index is 1.41. The van der Waals surface area contributed by atoms with Gasteiger partial charge in [-0.3, -0.25) is 9.69 Å². The van der Waals surface area contributed by atoms with Crippen molar-refractivity contribution in [3.8, 4) is 0 Å². The Morgan fingerprint density at radius 1 is 0.969 bits per heavy atom. The highest BCUT2D eigenvalue weighted by atomic mass is 32.2. The summed E-state index contributed by atoms with van der Waals surface area (Å²) in [6.45, 7) is 3.29. The summed E-state index contributed by atoms with van der Waals surface area (Å²) in [7, 11) is -2.01. The van der Waals surface area contributed by atoms with Crippen molar-refractivity contribution in [2.45, 2.75) is 18.0 Å². The monoisotopic (exact) mass is 453 g/mol. The van der Waals surface area contributed by atoms with E-state index in [9.17, 15) is 13.2 Å². The molecule has 8 heteroatoms. The van der Waals surface area contributed by atoms with Crippen molar-refractivity contribution in [2.24, 2.45) is 0 Å². The maximum Gasteiger partial charge on any atom is 0.254 e. The summed E-state index contributed by atoms with van der Waals surface area (Å²) in [6.07, 6.45) is 1.56. The van der Waals surface area contributed by atoms with E-state index in [1.54, 1.807) is 43.6 Å². The summed E-state index contributed by atoms with van der Waals surface area (Å²) >= 11 is 0. The third-order valence-corrected chi connectivity index (χ3v) is 7.51. The SMILES string of the molecule is CN(Cc1ccco1)C(=O)c1cccc(S(=O)(=O)N2CCN(Cc3ccccc3)CC2)c1. The highest BCUT2D eigenvalue weighted by molar-refractivity contribution is 7.89. The molecule has 4 rings (SSSR count). The van der Waals surface area contributed by atoms with Gasteiger partial charge in [0.15, 0.2) is 0 Å². The summed E-state index contributed by atoms with van der Waals surface area (Å²) < 4.78 is 33.2. The molecule has 2 heterocycles. The molecule has 0 atom stereocenters. The molecule has 3 aromatic rings. The molecule has 168 valence electrons. The van der Waals surface area contributed by atoms with E-state index in [0.29, 0.717) is 44.0 Å². The number of carbonyl (C=O) groups excluding carboxylic acids is 1. The van der Waals surface area contributed by atoms with E-state index < -0.39 is 10.0 Å². The van der Waals surface area contributed by atoms with Gasteiger partial charge in [0.05, 0.1) is 17.7 Å². The molecule has 1 aliphatic heterocycles. The fourth-order valence-electron chi connectivity index (χ4n) is 3.84. The number of hydrogen-bond acceptors (Lipinski definition) is 5. The third kappa shape index (κ3) is 5.09. The number of piperazine rings is 1. The Labute approximate surface area is 188 Å². The zero-order valence-electron chi connectivity index (χ0n) is 18.1. The van der Waals surface area contributed by atoms with E-state index in [1.807, 2.05) is 18.2 Å². The van der Waals surface area contributed by atoms with Gasteiger partial charge in [-0.2, -0.15) is 4.31 Å². The molecule has 0 unspecified atom stereocenters. The number of carbonyl (C=O) groups is 1. The van der Waals surface area contributed by atoms with Gasteiger partial charge < -0.3 is 9.32 Å². The number of amides is 1. The van der Waals surface area contributed by atoms with E-state index in [4.69, 9.17) is 4.42 Å². The Kier molecular flexibility index (Phi) is 6.74. The standard InChI is InChI=1S/C24H27N3O4S/c1-25(19-22-10-6-16-31-22)24(28)21-9-5-11-23(17-21)32(29,30)27-14-12-26(13-15-27)18-20-7-3-2-4-8-20/h2-11,16-17H,12-15,18-19H2,1H3. The second-order valence-corrected chi connectivity index (χ2v) is 9.87. The van der Waals surface area contributed by atoms with Crippen LogP contribution in [-0.2, 0) is 23.1 Å². The number of furan rings is 1. The van der Waals surface area contributed by atoms with Gasteiger partial charge in [0.2, 0.25) is 10.0 Å². The zero-order chi connectivity index (χ0) is 22.6. The molecule has 0 aliphatic carbocycles. The second kappa shape index (κ2) is 9.68. The van der Waals surface area contributed by atoms with Crippen LogP contribution in [0.2, 0.25) is 0 Å². The van der Waals surface area contributed by atoms with Crippen molar-refractivity contribution >= 4 is 15.9 Å². The van der Waals surface area contributed by atoms with Crippen LogP contribution in [0, 0.1) is 0 Å². The predicted octanol–water partition coefficient (Wildman–Crippen LogP) is 3.06. The van der Waals surface area contributed by atoms with Crippen LogP contribution in [0.4, 0.5) is 0 Å². The molecular formula is C24H27N3O4S. The van der Waals surface area contributed by atoms with Crippen LogP contribution in [0.5, 0.6) is 0 Å². The smallest absolute Gasteiger partial charge is 0.254 e. The number of rotatable bonds is 7. The third-order valence-electron chi connectivity index (χ3n) is 5.62. The Morgan fingerprint density at radius 2 is 1.72 bits per heavy atom. The first-order valence-corrected chi connectivity index (χ1v) is 12.0. The van der Waals surface area contributed by atoms with Crippen molar-refractivity contribution in [3.63, 3.8) is 0 Å². The van der Waals surface area contributed by atoms with Crippen LogP contribution in [0.1, 0.15) is 21.7 Å². The Bertz CT molecular complexity index is 1140. The molecule has 0 spiro atoms. The van der Waals surface area contributed by atoms with Crippen molar-refractivity contribution in [2.75, 3.05) is 33.2 Å². The number of benzene rings is 2. The highest BCUT2D eigenvalue weighted by Crippen LogP contribution is 2.20. The maximum atomic E-state index is 13.2. The van der Waals surface area contributed by atoms with E-state index in [-0.39, 0.29) is 10.8 Å². The van der Waals surface area contributed by atoms with Gasteiger partial charge in [-0.1, -0.05) is 36.4 Å². The van der Waals surface area contributed by atoms with Crippen molar-refractivity contribution in [1.29, 1.82) is 0 Å². The topological polar surface area (TPSA) is 74.1 Å². The summed E-state index contributed by atoms with van der Waals surface area (Å²) in [4.78, 5) is 16.7. The predicted molar refractivity (Wildman–Crippen MR) is 121 cm³/mol. The minimum absolute atomic E-state index is 0.145. The van der Waals surface area contributed by atoms with E-state index in [1.165, 1.54) is 20.8 Å². The lowest BCUT2D eigenvalue weighted by molar-refractivity contribution is 0.0775. The molecule has 1 amide bonds. The molecule has 1 fully saturated rings. The van der Waals surface area contributed by atoms with E-state index in [2.05, 4.69) is 17.0 Å². The van der Waals surface area contributed by atoms with Gasteiger partial charge in [-0.25, -0.2) is 8.42 Å². The summed E-state index contributed by atoms with van der Waals surface area (Å²) in [5.74, 6) is 0.407. The van der Waals surface area contributed by atoms with Gasteiger partial charge in [-0.05, 0) is 35.9 Å². The van der Waals surface area contributed by atoms with Crippen LogP contribution in [-0.4, -0.2) is 61.7 Å². The average molecular weight is 454 g/mol. The lowest BCUT2D eigenvalue weighted by Crippen LogP contribution is -2.48. The van der Waals surface area contributed by atoms with E-state index in [0.717, 1.165) is 6.54 Å². The van der Waals surface area contributed by atoms with Crippen LogP contribution in [0.3, 0.4) is 0 Å². The first-order valence-electron chi connectivity index (χ1n) is 10.6. The van der Waals surface area contributed by atoms with Gasteiger partial charge in [0, 0.05) is 45.3 Å². The van der Waals surface area contributed by atoms with Gasteiger partial charge in [0.25, 0.3) is 5.91 Å². The number of nitrogens with zero attached hydrogens (tertiary/aromatic N) is 3. The molecule has 1 aromatic heterocycles. The summed E-state index contributed by atoms with van der Waals surface area (Å²) in [5.41, 5.74) is 1.55. The Morgan fingerprint density at radius 3 is 2.41 bits per heavy atom. The molecule has 1 aliphatic rings. The van der Waals surface area contributed by atoms with Gasteiger partial charge in [-0.15, -0.1) is 0 Å². The largest absolute Gasteiger partial charge is 0.467 e. The van der Waals surface area contributed by atoms with E-state index >= 15 is 0 Å². The molecular weight excluding hydrogens is 426 g/mol. The number of hydrogen-bond donors (Lipinski definition) is 0. The van der Waals surface area contributed by atoms with Crippen LogP contribution >= 0.6 is 0 Å². The molecule has 0 bridgehead atoms. The van der Waals surface area contributed by atoms with Crippen LogP contribution < -0.4 is 0 Å². The fourth-order valence-corrected chi connectivity index (χ4v) is 5.31. The van der Waals surface area contributed by atoms with Crippen LogP contribution in [0.15, 0.2) is 82.3 Å². The number of sulfonamides is 1. The summed E-state index contributed by atoms with van der Waals surface area (Å²) in [6, 6.07) is 20.0. The lowest BCUT2D eigenvalue weighted by atomic mass is 10.2. The lowest BCUT2D eigenvalue weighted by Gasteiger charge is -2.34. The minimum Gasteiger partial charge on any atom is -0.467 e. The molecule has 2 aromatic carbocycles. The molecule has 0 radical (unpaired) electrons.